The molecule has 0 spiro atoms. The molecule has 2 aromatic carbocycles. The van der Waals surface area contributed by atoms with Gasteiger partial charge in [0.2, 0.25) is 0 Å². The molecular formula is C12H8ClNO2S. The number of halogens is 1. The lowest BCUT2D eigenvalue weighted by molar-refractivity contribution is 0.622. The van der Waals surface area contributed by atoms with E-state index < -0.39 is 10.5 Å². The van der Waals surface area contributed by atoms with Crippen LogP contribution >= 0.6 is 11.6 Å². The summed E-state index contributed by atoms with van der Waals surface area (Å²) >= 11 is 6.09. The number of nitrogens with zero attached hydrogens (tertiary/aromatic N) is 1. The molecule has 3 nitrogen and oxygen atoms in total. The van der Waals surface area contributed by atoms with E-state index >= 15 is 0 Å². The highest BCUT2D eigenvalue weighted by Crippen LogP contribution is 2.30. The van der Waals surface area contributed by atoms with Crippen LogP contribution in [0.2, 0.25) is 5.02 Å². The summed E-state index contributed by atoms with van der Waals surface area (Å²) in [6.45, 7) is 0. The summed E-state index contributed by atoms with van der Waals surface area (Å²) in [5, 5.41) is 0.475. The van der Waals surface area contributed by atoms with E-state index in [9.17, 15) is 8.42 Å². The molecule has 0 saturated heterocycles. The molecule has 0 aromatic heterocycles. The maximum Gasteiger partial charge on any atom is 0.316 e. The Balaban J connectivity index is 2.49. The molecule has 0 amide bonds. The number of rotatable bonds is 2. The van der Waals surface area contributed by atoms with Crippen LogP contribution in [0.5, 0.6) is 0 Å². The van der Waals surface area contributed by atoms with Crippen LogP contribution in [0.15, 0.2) is 52.9 Å². The molecule has 0 bridgehead atoms. The number of benzene rings is 2. The molecule has 0 heterocycles. The second kappa shape index (κ2) is 5.12. The predicted octanol–water partition coefficient (Wildman–Crippen LogP) is 3.70. The van der Waals surface area contributed by atoms with Gasteiger partial charge in [0.25, 0.3) is 0 Å². The van der Waals surface area contributed by atoms with Crippen molar-refractivity contribution in [1.29, 1.82) is 0 Å². The van der Waals surface area contributed by atoms with Crippen molar-refractivity contribution in [3.8, 4) is 11.1 Å². The second-order valence-electron chi connectivity index (χ2n) is 3.34. The molecule has 0 radical (unpaired) electrons. The van der Waals surface area contributed by atoms with Crippen LogP contribution in [0.3, 0.4) is 0 Å². The van der Waals surface area contributed by atoms with Gasteiger partial charge in [-0.25, -0.2) is 0 Å². The van der Waals surface area contributed by atoms with Crippen molar-refractivity contribution >= 4 is 27.8 Å². The molecule has 0 atom stereocenters. The molecule has 5 heteroatoms. The topological polar surface area (TPSA) is 46.5 Å². The van der Waals surface area contributed by atoms with E-state index in [0.717, 1.165) is 11.1 Å². The minimum absolute atomic E-state index is 0.322. The molecule has 0 aliphatic heterocycles. The van der Waals surface area contributed by atoms with Crippen LogP contribution in [0.25, 0.3) is 11.1 Å². The normalized spacial score (nSPS) is 9.94. The SMILES string of the molecule is O=S(=O)=Nc1ccc(-c2ccccc2)c(Cl)c1. The van der Waals surface area contributed by atoms with Crippen LogP contribution in [0.1, 0.15) is 0 Å². The van der Waals surface area contributed by atoms with Crippen LogP contribution < -0.4 is 0 Å². The zero-order chi connectivity index (χ0) is 12.3. The maximum absolute atomic E-state index is 10.4. The lowest BCUT2D eigenvalue weighted by atomic mass is 10.1. The first-order chi connectivity index (χ1) is 8.16. The van der Waals surface area contributed by atoms with Crippen molar-refractivity contribution in [2.24, 2.45) is 4.36 Å². The van der Waals surface area contributed by atoms with Crippen LogP contribution in [0.4, 0.5) is 5.69 Å². The fraction of sp³-hybridized carbons (Fsp3) is 0. The third-order valence-electron chi connectivity index (χ3n) is 2.22. The van der Waals surface area contributed by atoms with Crippen molar-refractivity contribution in [3.63, 3.8) is 0 Å². The molecule has 86 valence electrons. The molecule has 0 aliphatic carbocycles. The highest BCUT2D eigenvalue weighted by atomic mass is 35.5. The van der Waals surface area contributed by atoms with E-state index in [1.54, 1.807) is 12.1 Å². The van der Waals surface area contributed by atoms with E-state index in [4.69, 9.17) is 11.6 Å². The molecule has 17 heavy (non-hydrogen) atoms. The van der Waals surface area contributed by atoms with Crippen molar-refractivity contribution in [2.45, 2.75) is 0 Å². The smallest absolute Gasteiger partial charge is 0.163 e. The van der Waals surface area contributed by atoms with Gasteiger partial charge in [0.1, 0.15) is 0 Å². The minimum atomic E-state index is -2.46. The third-order valence-corrected chi connectivity index (χ3v) is 2.89. The molecule has 2 aromatic rings. The molecule has 0 saturated carbocycles. The average Bonchev–Trinajstić information content (AvgIpc) is 2.29. The molecule has 2 rings (SSSR count). The lowest BCUT2D eigenvalue weighted by Crippen LogP contribution is -1.78. The third kappa shape index (κ3) is 2.93. The molecule has 0 aliphatic rings. The zero-order valence-electron chi connectivity index (χ0n) is 8.67. The lowest BCUT2D eigenvalue weighted by Gasteiger charge is -2.04. The van der Waals surface area contributed by atoms with Crippen molar-refractivity contribution < 1.29 is 8.42 Å². The Morgan fingerprint density at radius 1 is 1.00 bits per heavy atom. The summed E-state index contributed by atoms with van der Waals surface area (Å²) in [6, 6.07) is 14.5. The average molecular weight is 266 g/mol. The summed E-state index contributed by atoms with van der Waals surface area (Å²) in [6.07, 6.45) is 0. The number of hydrogen-bond acceptors (Lipinski definition) is 3. The van der Waals surface area contributed by atoms with Crippen molar-refractivity contribution in [1.82, 2.24) is 0 Å². The van der Waals surface area contributed by atoms with Crippen molar-refractivity contribution in [2.75, 3.05) is 0 Å². The Hall–Kier alpha value is -1.65. The maximum atomic E-state index is 10.4. The molecule has 0 N–H and O–H groups in total. The van der Waals surface area contributed by atoms with Crippen molar-refractivity contribution in [3.05, 3.63) is 53.6 Å². The Labute approximate surface area is 105 Å². The molecule has 0 unspecified atom stereocenters. The monoisotopic (exact) mass is 265 g/mol. The Morgan fingerprint density at radius 3 is 2.29 bits per heavy atom. The Bertz CT molecular complexity index is 658. The fourth-order valence-electron chi connectivity index (χ4n) is 1.50. The first-order valence-electron chi connectivity index (χ1n) is 4.83. The molecule has 0 fully saturated rings. The van der Waals surface area contributed by atoms with E-state index in [1.165, 1.54) is 6.07 Å². The van der Waals surface area contributed by atoms with Gasteiger partial charge in [0, 0.05) is 5.56 Å². The molecular weight excluding hydrogens is 258 g/mol. The van der Waals surface area contributed by atoms with E-state index in [1.807, 2.05) is 30.3 Å². The van der Waals surface area contributed by atoms with Crippen LogP contribution in [-0.2, 0) is 10.5 Å². The summed E-state index contributed by atoms with van der Waals surface area (Å²) in [7, 11) is -2.46. The first-order valence-corrected chi connectivity index (χ1v) is 6.24. The van der Waals surface area contributed by atoms with Gasteiger partial charge in [0.15, 0.2) is 0 Å². The van der Waals surface area contributed by atoms with Gasteiger partial charge >= 0.3 is 10.5 Å². The Morgan fingerprint density at radius 2 is 1.71 bits per heavy atom. The summed E-state index contributed by atoms with van der Waals surface area (Å²) < 4.78 is 24.2. The van der Waals surface area contributed by atoms with Gasteiger partial charge in [-0.15, -0.1) is 4.36 Å². The van der Waals surface area contributed by atoms with E-state index in [2.05, 4.69) is 4.36 Å². The van der Waals surface area contributed by atoms with Crippen LogP contribution in [-0.4, -0.2) is 8.42 Å². The van der Waals surface area contributed by atoms with Crippen LogP contribution in [0, 0.1) is 0 Å². The minimum Gasteiger partial charge on any atom is -0.163 e. The van der Waals surface area contributed by atoms with Gasteiger partial charge in [0.05, 0.1) is 10.7 Å². The zero-order valence-corrected chi connectivity index (χ0v) is 10.2. The van der Waals surface area contributed by atoms with Gasteiger partial charge in [-0.05, 0) is 17.7 Å². The van der Waals surface area contributed by atoms with Gasteiger partial charge in [-0.1, -0.05) is 48.0 Å². The summed E-state index contributed by atoms with van der Waals surface area (Å²) in [4.78, 5) is 0. The second-order valence-corrected chi connectivity index (χ2v) is 4.36. The van der Waals surface area contributed by atoms with Gasteiger partial charge < -0.3 is 0 Å². The predicted molar refractivity (Wildman–Crippen MR) is 67.9 cm³/mol. The number of hydrogen-bond donors (Lipinski definition) is 0. The van der Waals surface area contributed by atoms with Gasteiger partial charge in [-0.3, -0.25) is 0 Å². The highest BCUT2D eigenvalue weighted by Gasteiger charge is 2.03. The fourth-order valence-corrected chi connectivity index (χ4v) is 2.07. The standard InChI is InChI=1S/C12H8ClNO2S/c13-12-8-10(14-17(15)16)6-7-11(12)9-4-2-1-3-5-9/h1-8H. The largest absolute Gasteiger partial charge is 0.316 e. The Kier molecular flexibility index (Phi) is 3.56. The highest BCUT2D eigenvalue weighted by molar-refractivity contribution is 7.61. The quantitative estimate of drug-likeness (QED) is 0.831. The van der Waals surface area contributed by atoms with E-state index in [0.29, 0.717) is 10.7 Å². The van der Waals surface area contributed by atoms with Gasteiger partial charge in [-0.2, -0.15) is 8.42 Å². The summed E-state index contributed by atoms with van der Waals surface area (Å²) in [5.74, 6) is 0. The first kappa shape index (κ1) is 11.8. The summed E-state index contributed by atoms with van der Waals surface area (Å²) in [5.41, 5.74) is 2.15. The van der Waals surface area contributed by atoms with E-state index in [-0.39, 0.29) is 0 Å².